The first kappa shape index (κ1) is 21.9. The number of carbonyl (C=O) groups is 2. The van der Waals surface area contributed by atoms with Crippen LogP contribution in [0.5, 0.6) is 11.5 Å². The van der Waals surface area contributed by atoms with Gasteiger partial charge in [0, 0.05) is 18.1 Å². The number of rotatable bonds is 8. The highest BCUT2D eigenvalue weighted by Gasteiger charge is 2.54. The van der Waals surface area contributed by atoms with Crippen LogP contribution in [0, 0.1) is 5.41 Å². The van der Waals surface area contributed by atoms with E-state index in [1.54, 1.807) is 26.0 Å². The summed E-state index contributed by atoms with van der Waals surface area (Å²) in [7, 11) is 2.90. The zero-order chi connectivity index (χ0) is 20.9. The van der Waals surface area contributed by atoms with Crippen molar-refractivity contribution in [3.05, 3.63) is 23.3 Å². The van der Waals surface area contributed by atoms with Gasteiger partial charge in [0.1, 0.15) is 11.5 Å². The van der Waals surface area contributed by atoms with Crippen molar-refractivity contribution in [1.82, 2.24) is 0 Å². The molecule has 0 saturated carbocycles. The lowest BCUT2D eigenvalue weighted by atomic mass is 9.65. The first-order chi connectivity index (χ1) is 13.3. The van der Waals surface area contributed by atoms with Crippen molar-refractivity contribution in [2.75, 3.05) is 27.4 Å². The molecule has 1 aromatic rings. The molecule has 0 fully saturated rings. The Hall–Kier alpha value is -2.38. The normalized spacial score (nSPS) is 17.6. The number of benzene rings is 1. The van der Waals surface area contributed by atoms with E-state index >= 15 is 0 Å². The third-order valence-electron chi connectivity index (χ3n) is 4.95. The maximum absolute atomic E-state index is 13.3. The summed E-state index contributed by atoms with van der Waals surface area (Å²) in [4.78, 5) is 25.6. The predicted octanol–water partition coefficient (Wildman–Crippen LogP) is 3.50. The van der Waals surface area contributed by atoms with Gasteiger partial charge < -0.3 is 18.9 Å². The highest BCUT2D eigenvalue weighted by molar-refractivity contribution is 6.01. The summed E-state index contributed by atoms with van der Waals surface area (Å²) < 4.78 is 47.6. The summed E-state index contributed by atoms with van der Waals surface area (Å²) in [6.07, 6.45) is -3.31. The second-order valence-corrected chi connectivity index (χ2v) is 6.63. The zero-order valence-corrected chi connectivity index (χ0v) is 16.6. The Kier molecular flexibility index (Phi) is 7.21. The van der Waals surface area contributed by atoms with E-state index in [0.29, 0.717) is 22.6 Å². The fourth-order valence-electron chi connectivity index (χ4n) is 3.82. The lowest BCUT2D eigenvalue weighted by Crippen LogP contribution is -2.47. The van der Waals surface area contributed by atoms with Crippen LogP contribution in [-0.4, -0.2) is 45.8 Å². The lowest BCUT2D eigenvalue weighted by molar-refractivity contribution is -0.174. The molecule has 0 N–H and O–H groups in total. The summed E-state index contributed by atoms with van der Waals surface area (Å²) in [6.45, 7) is 3.37. The maximum Gasteiger partial charge on any atom is 0.323 e. The molecule has 8 heteroatoms. The van der Waals surface area contributed by atoms with E-state index in [1.165, 1.54) is 14.2 Å². The average molecular weight is 400 g/mol. The highest BCUT2D eigenvalue weighted by atomic mass is 19.3. The summed E-state index contributed by atoms with van der Waals surface area (Å²) in [5, 5.41) is 0. The second kappa shape index (κ2) is 9.21. The van der Waals surface area contributed by atoms with Gasteiger partial charge in [-0.2, -0.15) is 0 Å². The summed E-state index contributed by atoms with van der Waals surface area (Å²) >= 11 is 0. The maximum atomic E-state index is 13.3. The van der Waals surface area contributed by atoms with Crippen LogP contribution < -0.4 is 9.47 Å². The van der Waals surface area contributed by atoms with E-state index in [4.69, 9.17) is 18.9 Å². The number of ether oxygens (including phenoxy) is 4. The quantitative estimate of drug-likeness (QED) is 0.491. The molecule has 0 bridgehead atoms. The summed E-state index contributed by atoms with van der Waals surface area (Å²) in [6, 6.07) is 3.25. The molecule has 1 aliphatic rings. The highest BCUT2D eigenvalue weighted by Crippen LogP contribution is 2.50. The third-order valence-corrected chi connectivity index (χ3v) is 4.95. The molecular formula is C20H26F2O6. The van der Waals surface area contributed by atoms with Crippen LogP contribution in [0.15, 0.2) is 12.1 Å². The Balaban J connectivity index is 2.66. The van der Waals surface area contributed by atoms with Gasteiger partial charge in [0.05, 0.1) is 27.4 Å². The first-order valence-corrected chi connectivity index (χ1v) is 9.20. The molecule has 1 atom stereocenters. The Labute approximate surface area is 163 Å². The number of alkyl halides is 2. The molecular weight excluding hydrogens is 374 g/mol. The molecule has 6 nitrogen and oxygen atoms in total. The minimum atomic E-state index is -2.62. The molecule has 28 heavy (non-hydrogen) atoms. The van der Waals surface area contributed by atoms with Crippen LogP contribution in [0.25, 0.3) is 0 Å². The minimum Gasteiger partial charge on any atom is -0.497 e. The number of hydrogen-bond acceptors (Lipinski definition) is 6. The number of carbonyl (C=O) groups excluding carboxylic acids is 2. The fraction of sp³-hybridized carbons (Fsp3) is 0.600. The van der Waals surface area contributed by atoms with Gasteiger partial charge in [0.15, 0.2) is 5.41 Å². The van der Waals surface area contributed by atoms with E-state index < -0.39 is 36.1 Å². The standard InChI is InChI=1S/C20H26F2O6/c1-5-27-18(23)20(19(24)28-6-2)10-12-7-14(25-3)9-15(26-4)17(12)13(11-20)8-16(21)22/h7,9,13,16H,5-6,8,10-11H2,1-4H3. The van der Waals surface area contributed by atoms with Crippen LogP contribution >= 0.6 is 0 Å². The SMILES string of the molecule is CCOC(=O)C1(C(=O)OCC)Cc2cc(OC)cc(OC)c2C(CC(F)F)C1. The molecule has 1 aromatic carbocycles. The zero-order valence-electron chi connectivity index (χ0n) is 16.6. The molecule has 1 unspecified atom stereocenters. The van der Waals surface area contributed by atoms with E-state index in [1.807, 2.05) is 0 Å². The van der Waals surface area contributed by atoms with Crippen molar-refractivity contribution in [3.63, 3.8) is 0 Å². The third kappa shape index (κ3) is 4.20. The number of halogens is 2. The minimum absolute atomic E-state index is 0.0344. The molecule has 1 aliphatic carbocycles. The van der Waals surface area contributed by atoms with Gasteiger partial charge in [-0.3, -0.25) is 9.59 Å². The Morgan fingerprint density at radius 3 is 2.18 bits per heavy atom. The molecule has 2 rings (SSSR count). The van der Waals surface area contributed by atoms with Crippen molar-refractivity contribution in [2.24, 2.45) is 5.41 Å². The smallest absolute Gasteiger partial charge is 0.323 e. The first-order valence-electron chi connectivity index (χ1n) is 9.20. The second-order valence-electron chi connectivity index (χ2n) is 6.63. The topological polar surface area (TPSA) is 71.1 Å². The molecule has 0 saturated heterocycles. The summed E-state index contributed by atoms with van der Waals surface area (Å²) in [5.74, 6) is -1.48. The number of methoxy groups -OCH3 is 2. The van der Waals surface area contributed by atoms with Gasteiger partial charge in [-0.25, -0.2) is 8.78 Å². The number of fused-ring (bicyclic) bond motifs is 1. The predicted molar refractivity (Wildman–Crippen MR) is 96.9 cm³/mol. The summed E-state index contributed by atoms with van der Waals surface area (Å²) in [5.41, 5.74) is -0.585. The Bertz CT molecular complexity index is 701. The van der Waals surface area contributed by atoms with Gasteiger partial charge in [0.2, 0.25) is 6.43 Å². The molecule has 156 valence electrons. The van der Waals surface area contributed by atoms with Crippen molar-refractivity contribution < 1.29 is 37.3 Å². The monoisotopic (exact) mass is 400 g/mol. The molecule has 0 amide bonds. The van der Waals surface area contributed by atoms with Crippen molar-refractivity contribution in [2.45, 2.75) is 45.5 Å². The molecule has 0 heterocycles. The van der Waals surface area contributed by atoms with Crippen LogP contribution in [0.2, 0.25) is 0 Å². The van der Waals surface area contributed by atoms with E-state index in [2.05, 4.69) is 0 Å². The van der Waals surface area contributed by atoms with Gasteiger partial charge in [-0.15, -0.1) is 0 Å². The molecule has 0 aromatic heterocycles. The van der Waals surface area contributed by atoms with Crippen molar-refractivity contribution in [1.29, 1.82) is 0 Å². The number of esters is 2. The van der Waals surface area contributed by atoms with Crippen LogP contribution in [0.3, 0.4) is 0 Å². The Morgan fingerprint density at radius 1 is 1.11 bits per heavy atom. The van der Waals surface area contributed by atoms with E-state index in [0.717, 1.165) is 0 Å². The van der Waals surface area contributed by atoms with E-state index in [-0.39, 0.29) is 26.1 Å². The van der Waals surface area contributed by atoms with Gasteiger partial charge in [-0.1, -0.05) is 0 Å². The van der Waals surface area contributed by atoms with E-state index in [9.17, 15) is 18.4 Å². The lowest BCUT2D eigenvalue weighted by Gasteiger charge is -2.39. The molecule has 0 radical (unpaired) electrons. The van der Waals surface area contributed by atoms with Gasteiger partial charge in [0.25, 0.3) is 0 Å². The van der Waals surface area contributed by atoms with Crippen molar-refractivity contribution >= 4 is 11.9 Å². The molecule has 0 aliphatic heterocycles. The van der Waals surface area contributed by atoms with Gasteiger partial charge in [-0.05, 0) is 44.2 Å². The van der Waals surface area contributed by atoms with Crippen LogP contribution in [0.4, 0.5) is 8.78 Å². The van der Waals surface area contributed by atoms with Gasteiger partial charge >= 0.3 is 11.9 Å². The van der Waals surface area contributed by atoms with Crippen molar-refractivity contribution in [3.8, 4) is 11.5 Å². The van der Waals surface area contributed by atoms with Crippen LogP contribution in [-0.2, 0) is 25.5 Å². The Morgan fingerprint density at radius 2 is 1.71 bits per heavy atom. The largest absolute Gasteiger partial charge is 0.497 e. The molecule has 0 spiro atoms. The average Bonchev–Trinajstić information content (AvgIpc) is 2.66. The fourth-order valence-corrected chi connectivity index (χ4v) is 3.82. The number of hydrogen-bond donors (Lipinski definition) is 0. The van der Waals surface area contributed by atoms with Crippen LogP contribution in [0.1, 0.15) is 43.7 Å².